The number of nitrogens with zero attached hydrogens (tertiary/aromatic N) is 7. The summed E-state index contributed by atoms with van der Waals surface area (Å²) in [6, 6.07) is 12.6. The van der Waals surface area contributed by atoms with Crippen LogP contribution < -0.4 is 16.2 Å². The van der Waals surface area contributed by atoms with Crippen molar-refractivity contribution in [3.63, 3.8) is 0 Å². The third-order valence-corrected chi connectivity index (χ3v) is 5.74. The summed E-state index contributed by atoms with van der Waals surface area (Å²) in [5, 5.41) is 24.7. The number of aromatic nitrogens is 7. The predicted molar refractivity (Wildman–Crippen MR) is 134 cm³/mol. The molecule has 0 aliphatic rings. The number of nitrogens with one attached hydrogen (secondary N) is 2. The van der Waals surface area contributed by atoms with E-state index in [0.717, 1.165) is 5.56 Å². The zero-order valence-corrected chi connectivity index (χ0v) is 20.0. The van der Waals surface area contributed by atoms with Crippen molar-refractivity contribution in [2.75, 3.05) is 17.2 Å². The lowest BCUT2D eigenvalue weighted by molar-refractivity contribution is 0.276. The molecule has 0 unspecified atom stereocenters. The Balaban J connectivity index is 1.52. The van der Waals surface area contributed by atoms with Crippen molar-refractivity contribution < 1.29 is 9.52 Å². The second-order valence-corrected chi connectivity index (χ2v) is 8.45. The Labute approximate surface area is 205 Å². The number of aliphatic hydroxyl groups excluding tert-OH is 1. The molecule has 0 aliphatic heterocycles. The van der Waals surface area contributed by atoms with E-state index in [1.165, 1.54) is 6.39 Å². The van der Waals surface area contributed by atoms with Gasteiger partial charge in [-0.25, -0.2) is 9.97 Å². The molecule has 0 radical (unpaired) electrons. The summed E-state index contributed by atoms with van der Waals surface area (Å²) in [6.07, 6.45) is 2.77. The van der Waals surface area contributed by atoms with E-state index in [2.05, 4.69) is 35.8 Å². The fourth-order valence-corrected chi connectivity index (χ4v) is 4.06. The first-order valence-electron chi connectivity index (χ1n) is 11.4. The average Bonchev–Trinajstić information content (AvgIpc) is 3.50. The minimum absolute atomic E-state index is 0.0390. The van der Waals surface area contributed by atoms with Gasteiger partial charge in [-0.1, -0.05) is 30.3 Å². The highest BCUT2D eigenvalue weighted by atomic mass is 16.4. The summed E-state index contributed by atoms with van der Waals surface area (Å²) < 4.78 is 8.76. The van der Waals surface area contributed by atoms with Crippen LogP contribution in [0.1, 0.15) is 31.5 Å². The Morgan fingerprint density at radius 3 is 2.61 bits per heavy atom. The van der Waals surface area contributed by atoms with Gasteiger partial charge in [0.1, 0.15) is 11.6 Å². The molecule has 12 nitrogen and oxygen atoms in total. The molecule has 4 heterocycles. The number of anilines is 3. The van der Waals surface area contributed by atoms with Crippen LogP contribution in [-0.2, 0) is 7.05 Å². The van der Waals surface area contributed by atoms with Crippen LogP contribution in [0.3, 0.4) is 0 Å². The van der Waals surface area contributed by atoms with Gasteiger partial charge >= 0.3 is 0 Å². The lowest BCUT2D eigenvalue weighted by Gasteiger charge is -2.19. The number of benzene rings is 1. The molecule has 1 aromatic carbocycles. The SMILES string of the molecule is CC(C)n1c2nc(Nc3ncc(-c4nnco4)c(N[C@H](CO)c4ccccc4)n3)ccc2c(=O)n1C. The predicted octanol–water partition coefficient (Wildman–Crippen LogP) is 3.05. The van der Waals surface area contributed by atoms with E-state index in [9.17, 15) is 9.90 Å². The molecule has 0 amide bonds. The monoisotopic (exact) mass is 487 g/mol. The maximum atomic E-state index is 12.6. The minimum Gasteiger partial charge on any atom is -0.423 e. The molecule has 0 saturated heterocycles. The topological polar surface area (TPSA) is 149 Å². The van der Waals surface area contributed by atoms with Crippen molar-refractivity contribution in [3.05, 3.63) is 71.0 Å². The van der Waals surface area contributed by atoms with Gasteiger partial charge in [-0.15, -0.1) is 10.2 Å². The maximum absolute atomic E-state index is 12.6. The number of hydrogen-bond acceptors (Lipinski definition) is 10. The molecule has 1 atom stereocenters. The van der Waals surface area contributed by atoms with Crippen LogP contribution in [0.4, 0.5) is 17.6 Å². The quantitative estimate of drug-likeness (QED) is 0.298. The molecule has 5 aromatic rings. The Morgan fingerprint density at radius 2 is 1.92 bits per heavy atom. The molecule has 0 spiro atoms. The zero-order chi connectivity index (χ0) is 25.2. The van der Waals surface area contributed by atoms with Crippen molar-refractivity contribution in [2.45, 2.75) is 25.9 Å². The minimum atomic E-state index is -0.435. The summed E-state index contributed by atoms with van der Waals surface area (Å²) in [7, 11) is 1.72. The van der Waals surface area contributed by atoms with Crippen LogP contribution in [0.2, 0.25) is 0 Å². The fraction of sp³-hybridized carbons (Fsp3) is 0.250. The van der Waals surface area contributed by atoms with Gasteiger partial charge in [-0.3, -0.25) is 14.2 Å². The molecule has 4 aromatic heterocycles. The van der Waals surface area contributed by atoms with E-state index < -0.39 is 6.04 Å². The van der Waals surface area contributed by atoms with Gasteiger partial charge in [-0.05, 0) is 31.5 Å². The molecular weight excluding hydrogens is 462 g/mol. The molecule has 0 aliphatic carbocycles. The van der Waals surface area contributed by atoms with Crippen LogP contribution in [0.25, 0.3) is 22.5 Å². The molecule has 36 heavy (non-hydrogen) atoms. The lowest BCUT2D eigenvalue weighted by atomic mass is 10.1. The van der Waals surface area contributed by atoms with Gasteiger partial charge < -0.3 is 20.2 Å². The summed E-state index contributed by atoms with van der Waals surface area (Å²) in [6.45, 7) is 3.81. The third-order valence-electron chi connectivity index (χ3n) is 5.74. The maximum Gasteiger partial charge on any atom is 0.275 e. The summed E-state index contributed by atoms with van der Waals surface area (Å²) in [5.41, 5.74) is 1.81. The standard InChI is InChI=1S/C24H25N9O3/c1-14(2)33-21-16(23(35)32(33)3)9-10-19(28-21)29-24-25-11-17(22-31-26-13-36-22)20(30-24)27-18(12-34)15-7-5-4-6-8-15/h4-11,13-14,18,34H,12H2,1-3H3,(H2,25,27,28,29,30)/t18-/m1/s1. The van der Waals surface area contributed by atoms with Crippen LogP contribution in [0, 0.1) is 0 Å². The van der Waals surface area contributed by atoms with E-state index >= 15 is 0 Å². The van der Waals surface area contributed by atoms with Gasteiger partial charge in [0.25, 0.3) is 11.4 Å². The highest BCUT2D eigenvalue weighted by Gasteiger charge is 2.19. The number of fused-ring (bicyclic) bond motifs is 1. The number of pyridine rings is 1. The first kappa shape index (κ1) is 23.2. The first-order chi connectivity index (χ1) is 17.5. The van der Waals surface area contributed by atoms with Gasteiger partial charge in [0.2, 0.25) is 12.3 Å². The summed E-state index contributed by atoms with van der Waals surface area (Å²) in [4.78, 5) is 26.2. The molecule has 3 N–H and O–H groups in total. The van der Waals surface area contributed by atoms with Crippen molar-refractivity contribution in [1.82, 2.24) is 34.5 Å². The van der Waals surface area contributed by atoms with E-state index in [4.69, 9.17) is 4.42 Å². The van der Waals surface area contributed by atoms with E-state index in [-0.39, 0.29) is 30.0 Å². The number of hydrogen-bond donors (Lipinski definition) is 3. The fourth-order valence-electron chi connectivity index (χ4n) is 4.06. The number of rotatable bonds is 8. The molecule has 184 valence electrons. The Bertz CT molecular complexity index is 1540. The van der Waals surface area contributed by atoms with Crippen LogP contribution in [0.15, 0.2) is 64.3 Å². The summed E-state index contributed by atoms with van der Waals surface area (Å²) in [5.74, 6) is 1.35. The molecule has 0 fully saturated rings. The van der Waals surface area contributed by atoms with Gasteiger partial charge in [0.05, 0.1) is 23.6 Å². The van der Waals surface area contributed by atoms with E-state index in [1.807, 2.05) is 48.9 Å². The molecule has 0 saturated carbocycles. The van der Waals surface area contributed by atoms with Crippen LogP contribution in [0.5, 0.6) is 0 Å². The largest absolute Gasteiger partial charge is 0.423 e. The van der Waals surface area contributed by atoms with Crippen LogP contribution in [-0.4, -0.2) is 46.2 Å². The third kappa shape index (κ3) is 4.29. The van der Waals surface area contributed by atoms with Gasteiger partial charge in [0.15, 0.2) is 5.65 Å². The van der Waals surface area contributed by atoms with E-state index in [0.29, 0.717) is 28.2 Å². The van der Waals surface area contributed by atoms with Gasteiger partial charge in [-0.2, -0.15) is 4.98 Å². The second-order valence-electron chi connectivity index (χ2n) is 8.45. The highest BCUT2D eigenvalue weighted by molar-refractivity contribution is 5.77. The Hall–Kier alpha value is -4.58. The van der Waals surface area contributed by atoms with E-state index in [1.54, 1.807) is 30.1 Å². The Kier molecular flexibility index (Phi) is 6.17. The number of aliphatic hydroxyl groups is 1. The molecule has 12 heteroatoms. The summed E-state index contributed by atoms with van der Waals surface area (Å²) >= 11 is 0. The lowest BCUT2D eigenvalue weighted by Crippen LogP contribution is -2.20. The van der Waals surface area contributed by atoms with Crippen molar-refractivity contribution in [3.8, 4) is 11.5 Å². The second kappa shape index (κ2) is 9.58. The smallest absolute Gasteiger partial charge is 0.275 e. The van der Waals surface area contributed by atoms with Gasteiger partial charge in [0, 0.05) is 19.3 Å². The Morgan fingerprint density at radius 1 is 1.11 bits per heavy atom. The highest BCUT2D eigenvalue weighted by Crippen LogP contribution is 2.29. The van der Waals surface area contributed by atoms with Crippen molar-refractivity contribution in [1.29, 1.82) is 0 Å². The molecule has 5 rings (SSSR count). The van der Waals surface area contributed by atoms with Crippen LogP contribution >= 0.6 is 0 Å². The first-order valence-corrected chi connectivity index (χ1v) is 11.4. The van der Waals surface area contributed by atoms with Crippen molar-refractivity contribution in [2.24, 2.45) is 7.05 Å². The van der Waals surface area contributed by atoms with Crippen molar-refractivity contribution >= 4 is 28.6 Å². The molecule has 0 bridgehead atoms. The zero-order valence-electron chi connectivity index (χ0n) is 20.0. The molecular formula is C24H25N9O3. The average molecular weight is 488 g/mol. The normalized spacial score (nSPS) is 12.2.